The van der Waals surface area contributed by atoms with E-state index in [1.807, 2.05) is 19.1 Å². The number of aromatic nitrogens is 1. The molecule has 0 unspecified atom stereocenters. The van der Waals surface area contributed by atoms with E-state index >= 15 is 0 Å². The number of nitrogens with zero attached hydrogens (tertiary/aromatic N) is 2. The van der Waals surface area contributed by atoms with Crippen molar-refractivity contribution in [3.63, 3.8) is 0 Å². The number of amides is 3. The molecule has 27 heavy (non-hydrogen) atoms. The molecule has 0 spiro atoms. The predicted molar refractivity (Wildman–Crippen MR) is 107 cm³/mol. The summed E-state index contributed by atoms with van der Waals surface area (Å²) in [5.74, 6) is 0. The number of anilines is 3. The van der Waals surface area contributed by atoms with Crippen molar-refractivity contribution >= 4 is 40.0 Å². The highest BCUT2D eigenvalue weighted by molar-refractivity contribution is 7.13. The van der Waals surface area contributed by atoms with Crippen LogP contribution in [0.3, 0.4) is 0 Å². The van der Waals surface area contributed by atoms with Gasteiger partial charge in [-0.05, 0) is 43.9 Å². The van der Waals surface area contributed by atoms with Gasteiger partial charge >= 0.3 is 12.1 Å². The molecule has 1 aliphatic rings. The number of urea groups is 1. The fourth-order valence-electron chi connectivity index (χ4n) is 3.01. The molecule has 1 aromatic heterocycles. The Kier molecular flexibility index (Phi) is 6.12. The highest BCUT2D eigenvalue weighted by Crippen LogP contribution is 2.30. The van der Waals surface area contributed by atoms with E-state index in [1.54, 1.807) is 5.38 Å². The normalized spacial score (nSPS) is 13.9. The predicted octanol–water partition coefficient (Wildman–Crippen LogP) is 3.85. The number of carboxylic acid groups (broad SMARTS) is 1. The number of hydrogen-bond acceptors (Lipinski definition) is 5. The first kappa shape index (κ1) is 19.0. The summed E-state index contributed by atoms with van der Waals surface area (Å²) in [5.41, 5.74) is 3.51. The van der Waals surface area contributed by atoms with Crippen LogP contribution in [0.2, 0.25) is 0 Å². The van der Waals surface area contributed by atoms with E-state index in [9.17, 15) is 9.59 Å². The van der Waals surface area contributed by atoms with Crippen molar-refractivity contribution in [3.05, 3.63) is 34.8 Å². The van der Waals surface area contributed by atoms with Gasteiger partial charge in [0, 0.05) is 18.5 Å². The number of rotatable bonds is 5. The van der Waals surface area contributed by atoms with Crippen LogP contribution in [0.4, 0.5) is 26.1 Å². The minimum atomic E-state index is -1.11. The first-order valence-electron chi connectivity index (χ1n) is 8.86. The summed E-state index contributed by atoms with van der Waals surface area (Å²) >= 11 is 1.25. The highest BCUT2D eigenvalue weighted by Gasteiger charge is 2.16. The van der Waals surface area contributed by atoms with Crippen molar-refractivity contribution in [1.82, 2.24) is 10.3 Å². The van der Waals surface area contributed by atoms with Gasteiger partial charge in [0.15, 0.2) is 5.13 Å². The number of thiazole rings is 1. The van der Waals surface area contributed by atoms with E-state index in [2.05, 4.69) is 31.9 Å². The van der Waals surface area contributed by atoms with E-state index in [-0.39, 0.29) is 12.6 Å². The number of carbonyl (C=O) groups is 2. The summed E-state index contributed by atoms with van der Waals surface area (Å²) in [6.45, 7) is 4.13. The molecule has 2 heterocycles. The standard InChI is InChI=1S/C18H23N5O3S/c1-12-5-6-14(15(9-12)23-7-3-2-4-8-23)21-16(24)22-17-20-13(11-27-17)10-19-18(25)26/h5-6,9,11,19H,2-4,7-8,10H2,1H3,(H,25,26)(H2,20,21,22,24). The molecule has 8 nitrogen and oxygen atoms in total. The lowest BCUT2D eigenvalue weighted by atomic mass is 10.1. The third kappa shape index (κ3) is 5.33. The first-order chi connectivity index (χ1) is 13.0. The van der Waals surface area contributed by atoms with E-state index in [0.29, 0.717) is 10.8 Å². The minimum Gasteiger partial charge on any atom is -0.465 e. The third-order valence-corrected chi connectivity index (χ3v) is 5.10. The molecule has 144 valence electrons. The van der Waals surface area contributed by atoms with Crippen molar-refractivity contribution in [1.29, 1.82) is 0 Å². The van der Waals surface area contributed by atoms with Gasteiger partial charge in [0.2, 0.25) is 0 Å². The second-order valence-corrected chi connectivity index (χ2v) is 7.31. The molecule has 0 aliphatic carbocycles. The average Bonchev–Trinajstić information content (AvgIpc) is 3.09. The van der Waals surface area contributed by atoms with Gasteiger partial charge in [0.05, 0.1) is 23.6 Å². The van der Waals surface area contributed by atoms with Crippen LogP contribution in [-0.2, 0) is 6.54 Å². The molecule has 1 saturated heterocycles. The zero-order valence-corrected chi connectivity index (χ0v) is 15.9. The Bertz CT molecular complexity index is 817. The van der Waals surface area contributed by atoms with E-state index < -0.39 is 6.09 Å². The lowest BCUT2D eigenvalue weighted by molar-refractivity contribution is 0.194. The monoisotopic (exact) mass is 389 g/mol. The van der Waals surface area contributed by atoms with E-state index in [4.69, 9.17) is 5.11 Å². The summed E-state index contributed by atoms with van der Waals surface area (Å²) in [7, 11) is 0. The van der Waals surface area contributed by atoms with Gasteiger partial charge in [-0.25, -0.2) is 14.6 Å². The van der Waals surface area contributed by atoms with Crippen LogP contribution in [0, 0.1) is 6.92 Å². The van der Waals surface area contributed by atoms with Crippen molar-refractivity contribution in [2.24, 2.45) is 0 Å². The molecule has 0 atom stereocenters. The Hall–Kier alpha value is -2.81. The van der Waals surface area contributed by atoms with Gasteiger partial charge in [-0.3, -0.25) is 5.32 Å². The molecule has 1 aromatic carbocycles. The maximum atomic E-state index is 12.4. The van der Waals surface area contributed by atoms with Crippen LogP contribution in [0.1, 0.15) is 30.5 Å². The van der Waals surface area contributed by atoms with Crippen LogP contribution < -0.4 is 20.9 Å². The summed E-state index contributed by atoms with van der Waals surface area (Å²) in [6.07, 6.45) is 2.45. The molecular weight excluding hydrogens is 366 g/mol. The molecule has 1 fully saturated rings. The number of aryl methyl sites for hydroxylation is 1. The first-order valence-corrected chi connectivity index (χ1v) is 9.74. The summed E-state index contributed by atoms with van der Waals surface area (Å²) in [5, 5.41) is 18.6. The number of carbonyl (C=O) groups excluding carboxylic acids is 1. The molecule has 3 rings (SSSR count). The number of benzene rings is 1. The summed E-state index contributed by atoms with van der Waals surface area (Å²) in [4.78, 5) is 29.4. The molecule has 0 saturated carbocycles. The van der Waals surface area contributed by atoms with Crippen LogP contribution in [0.15, 0.2) is 23.6 Å². The Morgan fingerprint density at radius 1 is 1.22 bits per heavy atom. The van der Waals surface area contributed by atoms with Gasteiger partial charge < -0.3 is 20.6 Å². The molecule has 0 radical (unpaired) electrons. The maximum absolute atomic E-state index is 12.4. The van der Waals surface area contributed by atoms with Crippen molar-refractivity contribution in [2.45, 2.75) is 32.7 Å². The van der Waals surface area contributed by atoms with Crippen LogP contribution >= 0.6 is 11.3 Å². The average molecular weight is 389 g/mol. The minimum absolute atomic E-state index is 0.103. The van der Waals surface area contributed by atoms with Gasteiger partial charge in [0.1, 0.15) is 0 Å². The largest absolute Gasteiger partial charge is 0.465 e. The zero-order chi connectivity index (χ0) is 19.2. The Morgan fingerprint density at radius 2 is 2.00 bits per heavy atom. The lowest BCUT2D eigenvalue weighted by Crippen LogP contribution is -2.31. The van der Waals surface area contributed by atoms with Crippen LogP contribution in [-0.4, -0.2) is 35.3 Å². The van der Waals surface area contributed by atoms with Gasteiger partial charge in [-0.2, -0.15) is 0 Å². The second-order valence-electron chi connectivity index (χ2n) is 6.45. The number of piperidine rings is 1. The highest BCUT2D eigenvalue weighted by atomic mass is 32.1. The number of hydrogen-bond donors (Lipinski definition) is 4. The van der Waals surface area contributed by atoms with Crippen molar-refractivity contribution in [3.8, 4) is 0 Å². The molecule has 0 bridgehead atoms. The lowest BCUT2D eigenvalue weighted by Gasteiger charge is -2.30. The Balaban J connectivity index is 1.64. The SMILES string of the molecule is Cc1ccc(NC(=O)Nc2nc(CNC(=O)O)cs2)c(N2CCCCC2)c1. The van der Waals surface area contributed by atoms with Crippen LogP contribution in [0.25, 0.3) is 0 Å². The molecule has 9 heteroatoms. The van der Waals surface area contributed by atoms with Crippen molar-refractivity contribution in [2.75, 3.05) is 28.6 Å². The van der Waals surface area contributed by atoms with Gasteiger partial charge in [-0.1, -0.05) is 6.07 Å². The maximum Gasteiger partial charge on any atom is 0.404 e. The Labute approximate surface area is 161 Å². The van der Waals surface area contributed by atoms with E-state index in [0.717, 1.165) is 42.9 Å². The smallest absolute Gasteiger partial charge is 0.404 e. The summed E-state index contributed by atoms with van der Waals surface area (Å²) in [6, 6.07) is 5.62. The fourth-order valence-corrected chi connectivity index (χ4v) is 3.71. The van der Waals surface area contributed by atoms with Gasteiger partial charge in [-0.15, -0.1) is 11.3 Å². The zero-order valence-electron chi connectivity index (χ0n) is 15.1. The fraction of sp³-hybridized carbons (Fsp3) is 0.389. The van der Waals surface area contributed by atoms with Gasteiger partial charge in [0.25, 0.3) is 0 Å². The molecule has 3 amide bonds. The van der Waals surface area contributed by atoms with E-state index in [1.165, 1.54) is 17.8 Å². The molecule has 4 N–H and O–H groups in total. The quantitative estimate of drug-likeness (QED) is 0.621. The Morgan fingerprint density at radius 3 is 2.74 bits per heavy atom. The summed E-state index contributed by atoms with van der Waals surface area (Å²) < 4.78 is 0. The van der Waals surface area contributed by atoms with Crippen LogP contribution in [0.5, 0.6) is 0 Å². The molecular formula is C18H23N5O3S. The van der Waals surface area contributed by atoms with Crippen molar-refractivity contribution < 1.29 is 14.7 Å². The molecule has 1 aliphatic heterocycles. The number of nitrogens with one attached hydrogen (secondary N) is 3. The topological polar surface area (TPSA) is 107 Å². The third-order valence-electron chi connectivity index (χ3n) is 4.29. The second kappa shape index (κ2) is 8.72. The molecule has 2 aromatic rings.